The molecule has 0 radical (unpaired) electrons. The molecule has 6 heteroatoms. The first-order chi connectivity index (χ1) is 7.25. The Morgan fingerprint density at radius 3 is 3.00 bits per heavy atom. The number of hydrogen-bond acceptors (Lipinski definition) is 4. The molecule has 0 atom stereocenters. The van der Waals surface area contributed by atoms with E-state index in [4.69, 9.17) is 11.6 Å². The van der Waals surface area contributed by atoms with E-state index in [0.29, 0.717) is 17.5 Å². The Hall–Kier alpha value is -1.62. The van der Waals surface area contributed by atoms with Crippen molar-refractivity contribution in [1.29, 1.82) is 0 Å². The molecule has 0 fully saturated rings. The highest BCUT2D eigenvalue weighted by atomic mass is 35.5. The first-order valence-corrected chi connectivity index (χ1v) is 4.84. The zero-order valence-corrected chi connectivity index (χ0v) is 8.91. The van der Waals surface area contributed by atoms with E-state index in [1.54, 1.807) is 12.3 Å². The van der Waals surface area contributed by atoms with Crippen LogP contribution in [0, 0.1) is 6.92 Å². The lowest BCUT2D eigenvalue weighted by Crippen LogP contribution is -2.01. The summed E-state index contributed by atoms with van der Waals surface area (Å²) in [5.41, 5.74) is 2.15. The van der Waals surface area contributed by atoms with E-state index in [1.165, 1.54) is 6.33 Å². The van der Waals surface area contributed by atoms with Crippen LogP contribution in [0.4, 0.5) is 5.82 Å². The van der Waals surface area contributed by atoms with Gasteiger partial charge in [0, 0.05) is 23.9 Å². The average Bonchev–Trinajstić information content (AvgIpc) is 2.61. The molecule has 0 aliphatic rings. The van der Waals surface area contributed by atoms with Crippen molar-refractivity contribution in [2.24, 2.45) is 0 Å². The SMILES string of the molecule is Cc1[nH]ncc1CNc1cc(Cl)ncn1. The summed E-state index contributed by atoms with van der Waals surface area (Å²) >= 11 is 5.73. The molecule has 0 bridgehead atoms. The van der Waals surface area contributed by atoms with Gasteiger partial charge in [0.05, 0.1) is 6.20 Å². The highest BCUT2D eigenvalue weighted by Crippen LogP contribution is 2.10. The fraction of sp³-hybridized carbons (Fsp3) is 0.222. The summed E-state index contributed by atoms with van der Waals surface area (Å²) in [6.45, 7) is 2.63. The van der Waals surface area contributed by atoms with Crippen molar-refractivity contribution < 1.29 is 0 Å². The Labute approximate surface area is 91.9 Å². The standard InChI is InChI=1S/C9H10ClN5/c1-6-7(4-14-15-6)3-11-9-2-8(10)12-5-13-9/h2,4-5H,3H2,1H3,(H,14,15)(H,11,12,13). The minimum Gasteiger partial charge on any atom is -0.366 e. The van der Waals surface area contributed by atoms with Crippen molar-refractivity contribution in [3.63, 3.8) is 0 Å². The largest absolute Gasteiger partial charge is 0.366 e. The highest BCUT2D eigenvalue weighted by Gasteiger charge is 2.00. The van der Waals surface area contributed by atoms with E-state index in [2.05, 4.69) is 25.5 Å². The quantitative estimate of drug-likeness (QED) is 0.779. The van der Waals surface area contributed by atoms with E-state index in [-0.39, 0.29) is 0 Å². The zero-order valence-electron chi connectivity index (χ0n) is 8.16. The molecule has 0 amide bonds. The number of anilines is 1. The molecule has 0 unspecified atom stereocenters. The summed E-state index contributed by atoms with van der Waals surface area (Å²) in [5.74, 6) is 0.704. The number of H-pyrrole nitrogens is 1. The molecule has 78 valence electrons. The molecule has 15 heavy (non-hydrogen) atoms. The topological polar surface area (TPSA) is 66.5 Å². The summed E-state index contributed by atoms with van der Waals surface area (Å²) in [7, 11) is 0. The first kappa shape index (κ1) is 9.92. The van der Waals surface area contributed by atoms with Crippen LogP contribution in [-0.2, 0) is 6.54 Å². The average molecular weight is 224 g/mol. The van der Waals surface area contributed by atoms with Crippen LogP contribution in [0.15, 0.2) is 18.6 Å². The van der Waals surface area contributed by atoms with Crippen molar-refractivity contribution in [1.82, 2.24) is 20.2 Å². The third-order valence-electron chi connectivity index (χ3n) is 2.03. The Morgan fingerprint density at radius 2 is 2.33 bits per heavy atom. The van der Waals surface area contributed by atoms with Gasteiger partial charge in [0.25, 0.3) is 0 Å². The Balaban J connectivity index is 2.02. The van der Waals surface area contributed by atoms with E-state index in [0.717, 1.165) is 11.3 Å². The van der Waals surface area contributed by atoms with Gasteiger partial charge in [-0.25, -0.2) is 9.97 Å². The van der Waals surface area contributed by atoms with Gasteiger partial charge >= 0.3 is 0 Å². The van der Waals surface area contributed by atoms with Crippen LogP contribution < -0.4 is 5.32 Å². The number of nitrogens with one attached hydrogen (secondary N) is 2. The maximum absolute atomic E-state index is 5.73. The van der Waals surface area contributed by atoms with Crippen LogP contribution in [0.1, 0.15) is 11.3 Å². The molecule has 2 N–H and O–H groups in total. The molecule has 0 saturated heterocycles. The minimum absolute atomic E-state index is 0.427. The summed E-state index contributed by atoms with van der Waals surface area (Å²) in [6, 6.07) is 1.68. The molecule has 5 nitrogen and oxygen atoms in total. The van der Waals surface area contributed by atoms with E-state index < -0.39 is 0 Å². The lowest BCUT2D eigenvalue weighted by molar-refractivity contribution is 1.03. The van der Waals surface area contributed by atoms with Crippen LogP contribution in [0.5, 0.6) is 0 Å². The second-order valence-electron chi connectivity index (χ2n) is 3.10. The predicted octanol–water partition coefficient (Wildman–Crippen LogP) is 1.77. The van der Waals surface area contributed by atoms with Crippen molar-refractivity contribution in [3.05, 3.63) is 35.0 Å². The van der Waals surface area contributed by atoms with Gasteiger partial charge in [-0.3, -0.25) is 5.10 Å². The highest BCUT2D eigenvalue weighted by molar-refractivity contribution is 6.29. The van der Waals surface area contributed by atoms with Gasteiger partial charge in [-0.15, -0.1) is 0 Å². The Bertz CT molecular complexity index is 453. The first-order valence-electron chi connectivity index (χ1n) is 4.46. The number of halogens is 1. The number of aryl methyl sites for hydroxylation is 1. The van der Waals surface area contributed by atoms with Gasteiger partial charge in [-0.2, -0.15) is 5.10 Å². The number of aromatic amines is 1. The number of hydrogen-bond donors (Lipinski definition) is 2. The summed E-state index contributed by atoms with van der Waals surface area (Å²) in [4.78, 5) is 7.83. The van der Waals surface area contributed by atoms with Gasteiger partial charge in [0.2, 0.25) is 0 Å². The zero-order chi connectivity index (χ0) is 10.7. The van der Waals surface area contributed by atoms with Gasteiger partial charge in [-0.05, 0) is 6.92 Å². The van der Waals surface area contributed by atoms with E-state index in [1.807, 2.05) is 6.92 Å². The van der Waals surface area contributed by atoms with Crippen molar-refractivity contribution in [2.75, 3.05) is 5.32 Å². The fourth-order valence-corrected chi connectivity index (χ4v) is 1.32. The van der Waals surface area contributed by atoms with Crippen LogP contribution in [0.2, 0.25) is 5.15 Å². The molecule has 0 aliphatic carbocycles. The normalized spacial score (nSPS) is 10.3. The molecule has 0 saturated carbocycles. The molecule has 2 aromatic heterocycles. The second kappa shape index (κ2) is 4.27. The minimum atomic E-state index is 0.427. The molecule has 0 aliphatic heterocycles. The maximum Gasteiger partial charge on any atom is 0.134 e. The monoisotopic (exact) mass is 223 g/mol. The molecule has 2 heterocycles. The lowest BCUT2D eigenvalue weighted by Gasteiger charge is -2.03. The van der Waals surface area contributed by atoms with Crippen LogP contribution in [0.3, 0.4) is 0 Å². The Morgan fingerprint density at radius 1 is 1.47 bits per heavy atom. The molecule has 2 rings (SSSR count). The Kier molecular flexibility index (Phi) is 2.82. The molecular weight excluding hydrogens is 214 g/mol. The maximum atomic E-state index is 5.73. The summed E-state index contributed by atoms with van der Waals surface area (Å²) < 4.78 is 0. The third kappa shape index (κ3) is 2.44. The van der Waals surface area contributed by atoms with Gasteiger partial charge in [-0.1, -0.05) is 11.6 Å². The van der Waals surface area contributed by atoms with Crippen molar-refractivity contribution in [2.45, 2.75) is 13.5 Å². The predicted molar refractivity (Wildman–Crippen MR) is 57.7 cm³/mol. The van der Waals surface area contributed by atoms with Gasteiger partial charge in [0.15, 0.2) is 0 Å². The van der Waals surface area contributed by atoms with Crippen molar-refractivity contribution >= 4 is 17.4 Å². The fourth-order valence-electron chi connectivity index (χ4n) is 1.17. The number of nitrogens with zero attached hydrogens (tertiary/aromatic N) is 3. The van der Waals surface area contributed by atoms with Crippen LogP contribution in [-0.4, -0.2) is 20.2 Å². The molecule has 0 spiro atoms. The van der Waals surface area contributed by atoms with Crippen LogP contribution >= 0.6 is 11.6 Å². The van der Waals surface area contributed by atoms with Crippen LogP contribution in [0.25, 0.3) is 0 Å². The molecular formula is C9H10ClN5. The second-order valence-corrected chi connectivity index (χ2v) is 3.49. The van der Waals surface area contributed by atoms with Crippen molar-refractivity contribution in [3.8, 4) is 0 Å². The summed E-state index contributed by atoms with van der Waals surface area (Å²) in [6.07, 6.45) is 3.21. The smallest absolute Gasteiger partial charge is 0.134 e. The summed E-state index contributed by atoms with van der Waals surface area (Å²) in [5, 5.41) is 10.4. The van der Waals surface area contributed by atoms with Gasteiger partial charge < -0.3 is 5.32 Å². The number of aromatic nitrogens is 4. The van der Waals surface area contributed by atoms with E-state index >= 15 is 0 Å². The molecule has 0 aromatic carbocycles. The third-order valence-corrected chi connectivity index (χ3v) is 2.23. The van der Waals surface area contributed by atoms with Gasteiger partial charge in [0.1, 0.15) is 17.3 Å². The number of rotatable bonds is 3. The lowest BCUT2D eigenvalue weighted by atomic mass is 10.2. The van der Waals surface area contributed by atoms with E-state index in [9.17, 15) is 0 Å². The molecule has 2 aromatic rings.